The molecule has 1 fully saturated rings. The van der Waals surface area contributed by atoms with Gasteiger partial charge in [-0.1, -0.05) is 26.0 Å². The highest BCUT2D eigenvalue weighted by Crippen LogP contribution is 2.42. The van der Waals surface area contributed by atoms with Crippen LogP contribution in [0.15, 0.2) is 65.5 Å². The molecule has 0 radical (unpaired) electrons. The van der Waals surface area contributed by atoms with Gasteiger partial charge >= 0.3 is 0 Å². The zero-order chi connectivity index (χ0) is 25.8. The summed E-state index contributed by atoms with van der Waals surface area (Å²) < 4.78 is 6.29. The molecular weight excluding hydrogens is 480 g/mol. The lowest BCUT2D eigenvalue weighted by Gasteiger charge is -2.15. The maximum Gasteiger partial charge on any atom is 0.143 e. The summed E-state index contributed by atoms with van der Waals surface area (Å²) in [6.07, 6.45) is 7.42. The van der Waals surface area contributed by atoms with Gasteiger partial charge in [0.25, 0.3) is 0 Å². The Morgan fingerprint density at radius 2 is 2.03 bits per heavy atom. The quantitative estimate of drug-likeness (QED) is 0.222. The van der Waals surface area contributed by atoms with Crippen molar-refractivity contribution in [3.05, 3.63) is 66.1 Å². The number of aliphatic hydroxyl groups excluding tert-OH is 1. The standard InChI is InChI=1S/C28H30N4O2S.C2H6/c1-18-12-24-26-23(19-4-2-5-22(13-19)35-21-6-7-21)8-9-25(27(26)31-28(24)29-14-18)34-11-3-10-32-15-20(16-33)30-17-32;1-2/h2,4-5,8-9,12-15,21,30,33H,3,6-7,10-11,16-17H2,1H3,(H,29,31);1-2H3. The van der Waals surface area contributed by atoms with Crippen LogP contribution in [0, 0.1) is 6.92 Å². The first-order valence-electron chi connectivity index (χ1n) is 13.3. The summed E-state index contributed by atoms with van der Waals surface area (Å²) in [6, 6.07) is 15.4. The number of aromatic nitrogens is 2. The SMILES string of the molecule is CC.Cc1cnc2[nH]c3c(OCCCN4C=C(CO)NC4)ccc(-c4cccc(SC5CC5)c4)c3c2c1. The van der Waals surface area contributed by atoms with Crippen molar-refractivity contribution >= 4 is 33.7 Å². The fraction of sp³-hybridized carbons (Fsp3) is 0.367. The van der Waals surface area contributed by atoms with Gasteiger partial charge in [0.1, 0.15) is 11.4 Å². The van der Waals surface area contributed by atoms with Crippen molar-refractivity contribution in [3.63, 3.8) is 0 Å². The number of benzene rings is 2. The lowest BCUT2D eigenvalue weighted by Crippen LogP contribution is -2.23. The van der Waals surface area contributed by atoms with E-state index in [9.17, 15) is 5.11 Å². The molecule has 0 atom stereocenters. The second kappa shape index (κ2) is 11.5. The highest BCUT2D eigenvalue weighted by molar-refractivity contribution is 8.00. The summed E-state index contributed by atoms with van der Waals surface area (Å²) in [5, 5.41) is 15.5. The number of hydrogen-bond donors (Lipinski definition) is 3. The second-order valence-electron chi connectivity index (χ2n) is 9.40. The molecule has 2 aromatic carbocycles. The molecule has 7 heteroatoms. The largest absolute Gasteiger partial charge is 0.491 e. The van der Waals surface area contributed by atoms with E-state index < -0.39 is 0 Å². The van der Waals surface area contributed by atoms with Gasteiger partial charge in [0, 0.05) is 39.9 Å². The summed E-state index contributed by atoms with van der Waals surface area (Å²) >= 11 is 1.99. The normalized spacial score (nSPS) is 14.9. The van der Waals surface area contributed by atoms with E-state index in [4.69, 9.17) is 4.74 Å². The minimum Gasteiger partial charge on any atom is -0.491 e. The van der Waals surface area contributed by atoms with Crippen LogP contribution in [0.25, 0.3) is 33.1 Å². The van der Waals surface area contributed by atoms with Gasteiger partial charge in [-0.3, -0.25) is 0 Å². The Kier molecular flexibility index (Phi) is 7.91. The van der Waals surface area contributed by atoms with Crippen molar-refractivity contribution in [1.82, 2.24) is 20.2 Å². The van der Waals surface area contributed by atoms with Gasteiger partial charge in [0.15, 0.2) is 0 Å². The van der Waals surface area contributed by atoms with Gasteiger partial charge in [-0.2, -0.15) is 0 Å². The number of ether oxygens (including phenoxy) is 1. The molecule has 1 aliphatic heterocycles. The number of rotatable bonds is 9. The van der Waals surface area contributed by atoms with Crippen LogP contribution < -0.4 is 10.1 Å². The van der Waals surface area contributed by atoms with E-state index in [0.717, 1.165) is 58.4 Å². The molecule has 0 saturated heterocycles. The third kappa shape index (κ3) is 5.73. The summed E-state index contributed by atoms with van der Waals surface area (Å²) in [5.41, 5.74) is 6.32. The first kappa shape index (κ1) is 25.5. The Hall–Kier alpha value is -3.16. The Morgan fingerprint density at radius 3 is 2.81 bits per heavy atom. The molecule has 0 amide bonds. The van der Waals surface area contributed by atoms with Gasteiger partial charge in [-0.15, -0.1) is 11.8 Å². The summed E-state index contributed by atoms with van der Waals surface area (Å²) in [6.45, 7) is 8.36. The molecule has 0 bridgehead atoms. The van der Waals surface area contributed by atoms with Gasteiger partial charge in [-0.25, -0.2) is 4.98 Å². The van der Waals surface area contributed by atoms with Crippen molar-refractivity contribution in [1.29, 1.82) is 0 Å². The number of fused-ring (bicyclic) bond motifs is 3. The highest BCUT2D eigenvalue weighted by Gasteiger charge is 2.23. The number of H-pyrrole nitrogens is 1. The van der Waals surface area contributed by atoms with Crippen molar-refractivity contribution < 1.29 is 9.84 Å². The number of nitrogens with one attached hydrogen (secondary N) is 2. The van der Waals surface area contributed by atoms with Crippen LogP contribution in [0.5, 0.6) is 5.75 Å². The smallest absolute Gasteiger partial charge is 0.143 e. The van der Waals surface area contributed by atoms with E-state index in [0.29, 0.717) is 6.61 Å². The van der Waals surface area contributed by atoms with Gasteiger partial charge < -0.3 is 25.0 Å². The molecule has 4 aromatic rings. The van der Waals surface area contributed by atoms with Crippen LogP contribution in [-0.2, 0) is 0 Å². The minimum atomic E-state index is 0.0490. The van der Waals surface area contributed by atoms with Crippen LogP contribution in [0.4, 0.5) is 0 Å². The first-order chi connectivity index (χ1) is 18.2. The third-order valence-corrected chi connectivity index (χ3v) is 7.87. The Balaban J connectivity index is 0.00000137. The molecule has 2 aliphatic rings. The molecule has 1 aliphatic carbocycles. The van der Waals surface area contributed by atoms with E-state index >= 15 is 0 Å². The topological polar surface area (TPSA) is 73.4 Å². The molecule has 3 heterocycles. The average Bonchev–Trinajstić information content (AvgIpc) is 3.48. The van der Waals surface area contributed by atoms with Crippen LogP contribution in [0.2, 0.25) is 0 Å². The Morgan fingerprint density at radius 1 is 1.16 bits per heavy atom. The highest BCUT2D eigenvalue weighted by atomic mass is 32.2. The maximum atomic E-state index is 9.25. The fourth-order valence-electron chi connectivity index (χ4n) is 4.65. The van der Waals surface area contributed by atoms with E-state index in [1.54, 1.807) is 0 Å². The van der Waals surface area contributed by atoms with E-state index in [1.165, 1.54) is 34.3 Å². The number of aliphatic hydroxyl groups is 1. The average molecular weight is 517 g/mol. The zero-order valence-electron chi connectivity index (χ0n) is 21.9. The zero-order valence-corrected chi connectivity index (χ0v) is 22.7. The van der Waals surface area contributed by atoms with Crippen molar-refractivity contribution in [2.24, 2.45) is 0 Å². The van der Waals surface area contributed by atoms with E-state index in [-0.39, 0.29) is 6.61 Å². The molecular formula is C30H36N4O2S. The summed E-state index contributed by atoms with van der Waals surface area (Å²) in [7, 11) is 0. The lowest BCUT2D eigenvalue weighted by atomic mass is 9.99. The Labute approximate surface area is 223 Å². The minimum absolute atomic E-state index is 0.0490. The number of hydrogen-bond acceptors (Lipinski definition) is 6. The van der Waals surface area contributed by atoms with E-state index in [1.807, 2.05) is 38.0 Å². The molecule has 3 N–H and O–H groups in total. The van der Waals surface area contributed by atoms with Gasteiger partial charge in [0.05, 0.1) is 31.1 Å². The van der Waals surface area contributed by atoms with E-state index in [2.05, 4.69) is 69.6 Å². The molecule has 0 unspecified atom stereocenters. The first-order valence-corrected chi connectivity index (χ1v) is 14.2. The Bertz CT molecular complexity index is 1410. The number of aromatic amines is 1. The lowest BCUT2D eigenvalue weighted by molar-refractivity contribution is 0.281. The molecule has 2 aromatic heterocycles. The monoisotopic (exact) mass is 516 g/mol. The molecule has 1 saturated carbocycles. The fourth-order valence-corrected chi connectivity index (χ4v) is 5.76. The second-order valence-corrected chi connectivity index (χ2v) is 10.8. The van der Waals surface area contributed by atoms with Crippen LogP contribution in [0.1, 0.15) is 38.7 Å². The molecule has 6 rings (SSSR count). The van der Waals surface area contributed by atoms with Crippen molar-refractivity contribution in [3.8, 4) is 16.9 Å². The van der Waals surface area contributed by atoms with Gasteiger partial charge in [-0.05, 0) is 73.2 Å². The summed E-state index contributed by atoms with van der Waals surface area (Å²) in [5.74, 6) is 0.856. The number of nitrogens with zero attached hydrogens (tertiary/aromatic N) is 2. The van der Waals surface area contributed by atoms with Crippen molar-refractivity contribution in [2.75, 3.05) is 26.4 Å². The number of aryl methyl sites for hydroxylation is 1. The van der Waals surface area contributed by atoms with Crippen LogP contribution in [-0.4, -0.2) is 51.7 Å². The molecule has 194 valence electrons. The van der Waals surface area contributed by atoms with Crippen LogP contribution >= 0.6 is 11.8 Å². The molecule has 37 heavy (non-hydrogen) atoms. The maximum absolute atomic E-state index is 9.25. The predicted molar refractivity (Wildman–Crippen MR) is 154 cm³/mol. The number of thioether (sulfide) groups is 1. The predicted octanol–water partition coefficient (Wildman–Crippen LogP) is 6.44. The number of pyridine rings is 1. The molecule has 0 spiro atoms. The summed E-state index contributed by atoms with van der Waals surface area (Å²) in [4.78, 5) is 11.7. The van der Waals surface area contributed by atoms with Gasteiger partial charge in [0.2, 0.25) is 0 Å². The van der Waals surface area contributed by atoms with Crippen LogP contribution in [0.3, 0.4) is 0 Å². The van der Waals surface area contributed by atoms with Crippen molar-refractivity contribution in [2.45, 2.75) is 50.2 Å². The molecule has 6 nitrogen and oxygen atoms in total. The third-order valence-electron chi connectivity index (χ3n) is 6.54.